The molecule has 1 aliphatic rings. The van der Waals surface area contributed by atoms with E-state index in [1.165, 1.54) is 19.5 Å². The summed E-state index contributed by atoms with van der Waals surface area (Å²) in [5.41, 5.74) is 0. The third kappa shape index (κ3) is 3.80. The zero-order valence-electron chi connectivity index (χ0n) is 11.8. The van der Waals surface area contributed by atoms with Crippen LogP contribution in [-0.2, 0) is 4.74 Å². The van der Waals surface area contributed by atoms with Gasteiger partial charge in [0.2, 0.25) is 5.88 Å². The first kappa shape index (κ1) is 14.5. The van der Waals surface area contributed by atoms with Crippen LogP contribution in [0.5, 0.6) is 5.88 Å². The summed E-state index contributed by atoms with van der Waals surface area (Å²) in [6, 6.07) is -0.184. The molecule has 1 unspecified atom stereocenters. The van der Waals surface area contributed by atoms with E-state index in [0.29, 0.717) is 31.4 Å². The van der Waals surface area contributed by atoms with E-state index in [1.807, 2.05) is 0 Å². The maximum absolute atomic E-state index is 12.2. The summed E-state index contributed by atoms with van der Waals surface area (Å²) in [6.07, 6.45) is 4.81. The molecular formula is C13H20N4O3. The monoisotopic (exact) mass is 280 g/mol. The molecule has 0 aliphatic carbocycles. The largest absolute Gasteiger partial charge is 0.480 e. The smallest absolute Gasteiger partial charge is 0.323 e. The van der Waals surface area contributed by atoms with Gasteiger partial charge in [0, 0.05) is 19.7 Å². The zero-order valence-corrected chi connectivity index (χ0v) is 11.8. The van der Waals surface area contributed by atoms with Crippen molar-refractivity contribution in [2.24, 2.45) is 0 Å². The molecule has 7 heteroatoms. The predicted octanol–water partition coefficient (Wildman–Crippen LogP) is 1.52. The van der Waals surface area contributed by atoms with Crippen LogP contribution < -0.4 is 10.1 Å². The molecule has 0 aromatic carbocycles. The fourth-order valence-corrected chi connectivity index (χ4v) is 2.02. The minimum Gasteiger partial charge on any atom is -0.480 e. The Morgan fingerprint density at radius 1 is 1.60 bits per heavy atom. The van der Waals surface area contributed by atoms with Crippen LogP contribution in [0.25, 0.3) is 0 Å². The van der Waals surface area contributed by atoms with Crippen molar-refractivity contribution < 1.29 is 14.3 Å². The van der Waals surface area contributed by atoms with Crippen molar-refractivity contribution in [3.8, 4) is 5.88 Å². The van der Waals surface area contributed by atoms with Crippen LogP contribution in [0.2, 0.25) is 0 Å². The Bertz CT molecular complexity index is 455. The molecule has 2 amide bonds. The van der Waals surface area contributed by atoms with E-state index in [0.717, 1.165) is 12.8 Å². The third-order valence-corrected chi connectivity index (χ3v) is 3.15. The molecular weight excluding hydrogens is 260 g/mol. The van der Waals surface area contributed by atoms with Gasteiger partial charge in [0.05, 0.1) is 25.6 Å². The van der Waals surface area contributed by atoms with Crippen LogP contribution in [-0.4, -0.2) is 53.8 Å². The Labute approximate surface area is 118 Å². The fraction of sp³-hybridized carbons (Fsp3) is 0.615. The molecule has 1 aromatic rings. The standard InChI is InChI=1S/C13H20N4O3/c1-3-10-9-17(5-4-6-20-10)13(18)16-11-7-14-8-12(15-11)19-2/h7-8,10H,3-6,9H2,1-2H3,(H,15,16,18). The van der Waals surface area contributed by atoms with Gasteiger partial charge in [-0.25, -0.2) is 4.79 Å². The van der Waals surface area contributed by atoms with Crippen LogP contribution in [0.4, 0.5) is 10.6 Å². The molecule has 0 radical (unpaired) electrons. The molecule has 0 bridgehead atoms. The predicted molar refractivity (Wildman–Crippen MR) is 73.8 cm³/mol. The van der Waals surface area contributed by atoms with Crippen LogP contribution in [0.3, 0.4) is 0 Å². The van der Waals surface area contributed by atoms with Crippen molar-refractivity contribution in [3.63, 3.8) is 0 Å². The minimum atomic E-state index is -0.184. The van der Waals surface area contributed by atoms with Crippen molar-refractivity contribution in [1.82, 2.24) is 14.9 Å². The van der Waals surface area contributed by atoms with Gasteiger partial charge < -0.3 is 14.4 Å². The van der Waals surface area contributed by atoms with Gasteiger partial charge in [-0.2, -0.15) is 4.98 Å². The Morgan fingerprint density at radius 2 is 2.45 bits per heavy atom. The lowest BCUT2D eigenvalue weighted by Gasteiger charge is -2.23. The number of methoxy groups -OCH3 is 1. The Hall–Kier alpha value is -1.89. The maximum atomic E-state index is 12.2. The quantitative estimate of drug-likeness (QED) is 0.908. The van der Waals surface area contributed by atoms with E-state index >= 15 is 0 Å². The number of aromatic nitrogens is 2. The van der Waals surface area contributed by atoms with E-state index < -0.39 is 0 Å². The molecule has 0 saturated carbocycles. The molecule has 0 spiro atoms. The van der Waals surface area contributed by atoms with Crippen molar-refractivity contribution in [1.29, 1.82) is 0 Å². The van der Waals surface area contributed by atoms with Gasteiger partial charge in [-0.1, -0.05) is 6.92 Å². The second-order valence-corrected chi connectivity index (χ2v) is 4.58. The topological polar surface area (TPSA) is 76.6 Å². The number of amides is 2. The lowest BCUT2D eigenvalue weighted by atomic mass is 10.2. The Morgan fingerprint density at radius 3 is 3.20 bits per heavy atom. The van der Waals surface area contributed by atoms with Crippen LogP contribution in [0, 0.1) is 0 Å². The van der Waals surface area contributed by atoms with Gasteiger partial charge in [-0.15, -0.1) is 0 Å². The van der Waals surface area contributed by atoms with Gasteiger partial charge in [-0.3, -0.25) is 10.3 Å². The lowest BCUT2D eigenvalue weighted by Crippen LogP contribution is -2.39. The zero-order chi connectivity index (χ0) is 14.4. The number of nitrogens with zero attached hydrogens (tertiary/aromatic N) is 3. The number of hydrogen-bond acceptors (Lipinski definition) is 5. The van der Waals surface area contributed by atoms with Crippen molar-refractivity contribution in [3.05, 3.63) is 12.4 Å². The van der Waals surface area contributed by atoms with Crippen LogP contribution in [0.1, 0.15) is 19.8 Å². The number of rotatable bonds is 3. The third-order valence-electron chi connectivity index (χ3n) is 3.15. The number of urea groups is 1. The highest BCUT2D eigenvalue weighted by atomic mass is 16.5. The number of nitrogens with one attached hydrogen (secondary N) is 1. The second kappa shape index (κ2) is 7.04. The summed E-state index contributed by atoms with van der Waals surface area (Å²) in [7, 11) is 1.51. The van der Waals surface area contributed by atoms with Crippen LogP contribution in [0.15, 0.2) is 12.4 Å². The molecule has 1 atom stereocenters. The SMILES string of the molecule is CCC1CN(C(=O)Nc2cncc(OC)n2)CCCO1. The molecule has 7 nitrogen and oxygen atoms in total. The highest BCUT2D eigenvalue weighted by molar-refractivity contribution is 5.88. The van der Waals surface area contributed by atoms with E-state index in [-0.39, 0.29) is 12.1 Å². The molecule has 2 heterocycles. The van der Waals surface area contributed by atoms with Gasteiger partial charge >= 0.3 is 6.03 Å². The van der Waals surface area contributed by atoms with Gasteiger partial charge in [-0.05, 0) is 12.8 Å². The molecule has 20 heavy (non-hydrogen) atoms. The Balaban J connectivity index is 1.99. The van der Waals surface area contributed by atoms with Crippen LogP contribution >= 0.6 is 0 Å². The lowest BCUT2D eigenvalue weighted by molar-refractivity contribution is 0.0561. The van der Waals surface area contributed by atoms with Crippen molar-refractivity contribution >= 4 is 11.8 Å². The van der Waals surface area contributed by atoms with E-state index in [4.69, 9.17) is 9.47 Å². The Kier molecular flexibility index (Phi) is 5.11. The average Bonchev–Trinajstić information content (AvgIpc) is 2.73. The first-order chi connectivity index (χ1) is 9.72. The number of carbonyl (C=O) groups is 1. The van der Waals surface area contributed by atoms with Gasteiger partial charge in [0.25, 0.3) is 0 Å². The molecule has 110 valence electrons. The summed E-state index contributed by atoms with van der Waals surface area (Å²) in [5.74, 6) is 0.751. The first-order valence-corrected chi connectivity index (χ1v) is 6.76. The summed E-state index contributed by atoms with van der Waals surface area (Å²) >= 11 is 0. The summed E-state index contributed by atoms with van der Waals surface area (Å²) in [4.78, 5) is 22.1. The molecule has 1 aliphatic heterocycles. The average molecular weight is 280 g/mol. The highest BCUT2D eigenvalue weighted by Gasteiger charge is 2.21. The summed E-state index contributed by atoms with van der Waals surface area (Å²) in [6.45, 7) is 4.03. The van der Waals surface area contributed by atoms with E-state index in [2.05, 4.69) is 22.2 Å². The van der Waals surface area contributed by atoms with Gasteiger partial charge in [0.1, 0.15) is 0 Å². The highest BCUT2D eigenvalue weighted by Crippen LogP contribution is 2.12. The number of carbonyl (C=O) groups excluding carboxylic acids is 1. The molecule has 1 fully saturated rings. The first-order valence-electron chi connectivity index (χ1n) is 6.76. The molecule has 1 N–H and O–H groups in total. The summed E-state index contributed by atoms with van der Waals surface area (Å²) < 4.78 is 10.6. The number of ether oxygens (including phenoxy) is 2. The summed E-state index contributed by atoms with van der Waals surface area (Å²) in [5, 5.41) is 2.74. The van der Waals surface area contributed by atoms with Gasteiger partial charge in [0.15, 0.2) is 5.82 Å². The van der Waals surface area contributed by atoms with E-state index in [9.17, 15) is 4.79 Å². The number of hydrogen-bond donors (Lipinski definition) is 1. The maximum Gasteiger partial charge on any atom is 0.323 e. The van der Waals surface area contributed by atoms with Crippen molar-refractivity contribution in [2.45, 2.75) is 25.9 Å². The minimum absolute atomic E-state index is 0.0969. The number of anilines is 1. The fourth-order valence-electron chi connectivity index (χ4n) is 2.02. The van der Waals surface area contributed by atoms with E-state index in [1.54, 1.807) is 4.90 Å². The van der Waals surface area contributed by atoms with Crippen molar-refractivity contribution in [2.75, 3.05) is 32.1 Å². The normalized spacial score (nSPS) is 19.3. The molecule has 1 saturated heterocycles. The molecule has 2 rings (SSSR count). The second-order valence-electron chi connectivity index (χ2n) is 4.58. The molecule has 1 aromatic heterocycles.